The number of phenols is 1. The predicted octanol–water partition coefficient (Wildman–Crippen LogP) is 3.11. The Hall–Kier alpha value is -3.59. The summed E-state index contributed by atoms with van der Waals surface area (Å²) in [5.74, 6) is -1.26. The molecule has 2 aromatic carbocycles. The molecule has 2 rings (SSSR count). The van der Waals surface area contributed by atoms with Crippen molar-refractivity contribution in [3.63, 3.8) is 0 Å². The van der Waals surface area contributed by atoms with Crippen LogP contribution < -0.4 is 10.6 Å². The third kappa shape index (κ3) is 7.21. The Bertz CT molecular complexity index is 1020. The number of nitrogens with one attached hydrogen (secondary N) is 2. The molecule has 0 spiro atoms. The fraction of sp³-hybridized carbons (Fsp3) is 0.400. The number of carbonyl (C=O) groups excluding carboxylic acids is 3. The summed E-state index contributed by atoms with van der Waals surface area (Å²) in [4.78, 5) is 40.3. The van der Waals surface area contributed by atoms with Crippen LogP contribution in [0.15, 0.2) is 48.5 Å². The number of likely N-dealkylation sites (N-methyl/N-ethyl adjacent to an activating group) is 1. The average Bonchev–Trinajstić information content (AvgIpc) is 2.75. The Morgan fingerprint density at radius 2 is 1.76 bits per heavy atom. The number of anilines is 1. The highest BCUT2D eigenvalue weighted by atomic mass is 16.6. The molecule has 34 heavy (non-hydrogen) atoms. The van der Waals surface area contributed by atoms with Crippen molar-refractivity contribution in [1.82, 2.24) is 10.2 Å². The SMILES string of the molecule is CCN(C(=O)C(CO)NC(=O)OC(C)(C)C)C(C(=O)Nc1ccccc1C)c1cccc(O)c1. The van der Waals surface area contributed by atoms with Gasteiger partial charge in [0.15, 0.2) is 0 Å². The minimum Gasteiger partial charge on any atom is -0.508 e. The standard InChI is InChI=1S/C25H33N3O6/c1-6-28(23(32)20(15-29)27-24(33)34-25(3,4)5)21(17-11-9-12-18(30)14-17)22(31)26-19-13-8-7-10-16(19)2/h7-14,20-21,29-30H,6,15H2,1-5H3,(H,26,31)(H,27,33). The maximum absolute atomic E-state index is 13.4. The van der Waals surface area contributed by atoms with Crippen LogP contribution in [0.2, 0.25) is 0 Å². The number of amides is 3. The van der Waals surface area contributed by atoms with Gasteiger partial charge in [0.25, 0.3) is 5.91 Å². The van der Waals surface area contributed by atoms with E-state index in [-0.39, 0.29) is 12.3 Å². The van der Waals surface area contributed by atoms with Gasteiger partial charge in [0.2, 0.25) is 5.91 Å². The second-order valence-corrected chi connectivity index (χ2v) is 8.81. The van der Waals surface area contributed by atoms with E-state index in [1.54, 1.807) is 52.0 Å². The summed E-state index contributed by atoms with van der Waals surface area (Å²) in [5.41, 5.74) is 0.983. The molecule has 0 heterocycles. The van der Waals surface area contributed by atoms with E-state index in [0.717, 1.165) is 5.56 Å². The number of carbonyl (C=O) groups is 3. The Kier molecular flexibility index (Phi) is 9.03. The summed E-state index contributed by atoms with van der Waals surface area (Å²) >= 11 is 0. The number of ether oxygens (including phenoxy) is 1. The van der Waals surface area contributed by atoms with E-state index in [1.165, 1.54) is 17.0 Å². The second kappa shape index (κ2) is 11.5. The first kappa shape index (κ1) is 26.7. The Labute approximate surface area is 199 Å². The van der Waals surface area contributed by atoms with Crippen LogP contribution in [0.3, 0.4) is 0 Å². The highest BCUT2D eigenvalue weighted by molar-refractivity contribution is 5.99. The molecule has 0 aliphatic carbocycles. The number of aromatic hydroxyl groups is 1. The van der Waals surface area contributed by atoms with Gasteiger partial charge < -0.3 is 30.5 Å². The normalized spacial score (nSPS) is 12.9. The number of alkyl carbamates (subject to hydrolysis) is 1. The van der Waals surface area contributed by atoms with Gasteiger partial charge in [-0.2, -0.15) is 0 Å². The summed E-state index contributed by atoms with van der Waals surface area (Å²) in [6, 6.07) is 10.8. The zero-order chi connectivity index (χ0) is 25.5. The van der Waals surface area contributed by atoms with Gasteiger partial charge in [0.1, 0.15) is 23.4 Å². The van der Waals surface area contributed by atoms with Gasteiger partial charge in [-0.05, 0) is 63.9 Å². The van der Waals surface area contributed by atoms with Crippen molar-refractivity contribution in [1.29, 1.82) is 0 Å². The van der Waals surface area contributed by atoms with Crippen LogP contribution in [0.1, 0.15) is 44.9 Å². The van der Waals surface area contributed by atoms with Crippen molar-refractivity contribution in [2.75, 3.05) is 18.5 Å². The number of hydrogen-bond donors (Lipinski definition) is 4. The first-order valence-corrected chi connectivity index (χ1v) is 11.0. The minimum atomic E-state index is -1.33. The molecule has 9 heteroatoms. The summed E-state index contributed by atoms with van der Waals surface area (Å²) in [6.07, 6.45) is -0.866. The number of para-hydroxylation sites is 1. The largest absolute Gasteiger partial charge is 0.508 e. The van der Waals surface area contributed by atoms with Crippen LogP contribution >= 0.6 is 0 Å². The molecule has 2 unspecified atom stereocenters. The fourth-order valence-electron chi connectivity index (χ4n) is 3.38. The molecular formula is C25H33N3O6. The number of benzene rings is 2. The van der Waals surface area contributed by atoms with E-state index in [0.29, 0.717) is 11.3 Å². The van der Waals surface area contributed by atoms with Crippen LogP contribution in [0.4, 0.5) is 10.5 Å². The van der Waals surface area contributed by atoms with Crippen LogP contribution in [-0.2, 0) is 14.3 Å². The topological polar surface area (TPSA) is 128 Å². The van der Waals surface area contributed by atoms with E-state index in [4.69, 9.17) is 4.74 Å². The van der Waals surface area contributed by atoms with Crippen molar-refractivity contribution in [3.05, 3.63) is 59.7 Å². The third-order valence-corrected chi connectivity index (χ3v) is 4.94. The predicted molar refractivity (Wildman–Crippen MR) is 128 cm³/mol. The molecule has 0 saturated carbocycles. The van der Waals surface area contributed by atoms with Crippen molar-refractivity contribution in [2.24, 2.45) is 0 Å². The van der Waals surface area contributed by atoms with Crippen LogP contribution in [0.25, 0.3) is 0 Å². The fourth-order valence-corrected chi connectivity index (χ4v) is 3.38. The molecule has 0 aliphatic rings. The summed E-state index contributed by atoms with van der Waals surface area (Å²) in [5, 5.41) is 25.0. The molecule has 9 nitrogen and oxygen atoms in total. The molecule has 0 radical (unpaired) electrons. The lowest BCUT2D eigenvalue weighted by Crippen LogP contribution is -2.53. The Balaban J connectivity index is 2.39. The van der Waals surface area contributed by atoms with E-state index in [9.17, 15) is 24.6 Å². The lowest BCUT2D eigenvalue weighted by molar-refractivity contribution is -0.141. The van der Waals surface area contributed by atoms with Crippen molar-refractivity contribution in [2.45, 2.75) is 52.3 Å². The molecule has 4 N–H and O–H groups in total. The van der Waals surface area contributed by atoms with Gasteiger partial charge in [-0.15, -0.1) is 0 Å². The average molecular weight is 472 g/mol. The van der Waals surface area contributed by atoms with Gasteiger partial charge in [-0.25, -0.2) is 4.79 Å². The molecule has 2 atom stereocenters. The van der Waals surface area contributed by atoms with Crippen LogP contribution in [0.5, 0.6) is 5.75 Å². The molecular weight excluding hydrogens is 438 g/mol. The lowest BCUT2D eigenvalue weighted by Gasteiger charge is -2.33. The number of hydrogen-bond acceptors (Lipinski definition) is 6. The highest BCUT2D eigenvalue weighted by Gasteiger charge is 2.35. The first-order chi connectivity index (χ1) is 16.0. The van der Waals surface area contributed by atoms with Gasteiger partial charge >= 0.3 is 6.09 Å². The number of aliphatic hydroxyl groups excluding tert-OH is 1. The van der Waals surface area contributed by atoms with Crippen molar-refractivity contribution in [3.8, 4) is 5.75 Å². The van der Waals surface area contributed by atoms with Gasteiger partial charge in [0.05, 0.1) is 6.61 Å². The van der Waals surface area contributed by atoms with Crippen molar-refractivity contribution < 1.29 is 29.3 Å². The molecule has 184 valence electrons. The summed E-state index contributed by atoms with van der Waals surface area (Å²) < 4.78 is 5.19. The monoisotopic (exact) mass is 471 g/mol. The summed E-state index contributed by atoms with van der Waals surface area (Å²) in [6.45, 7) is 7.94. The molecule has 0 fully saturated rings. The molecule has 0 saturated heterocycles. The zero-order valence-electron chi connectivity index (χ0n) is 20.2. The smallest absolute Gasteiger partial charge is 0.408 e. The Morgan fingerprint density at radius 1 is 1.09 bits per heavy atom. The van der Waals surface area contributed by atoms with Gasteiger partial charge in [-0.3, -0.25) is 9.59 Å². The van der Waals surface area contributed by atoms with E-state index >= 15 is 0 Å². The molecule has 2 aromatic rings. The van der Waals surface area contributed by atoms with Crippen LogP contribution in [-0.4, -0.2) is 57.8 Å². The van der Waals surface area contributed by atoms with Crippen LogP contribution in [0, 0.1) is 6.92 Å². The maximum atomic E-state index is 13.4. The number of aliphatic hydroxyl groups is 1. The first-order valence-electron chi connectivity index (χ1n) is 11.0. The third-order valence-electron chi connectivity index (χ3n) is 4.94. The van der Waals surface area contributed by atoms with Crippen molar-refractivity contribution >= 4 is 23.6 Å². The lowest BCUT2D eigenvalue weighted by atomic mass is 10.0. The Morgan fingerprint density at radius 3 is 2.32 bits per heavy atom. The zero-order valence-corrected chi connectivity index (χ0v) is 20.2. The molecule has 0 bridgehead atoms. The quantitative estimate of drug-likeness (QED) is 0.468. The number of aryl methyl sites for hydroxylation is 1. The maximum Gasteiger partial charge on any atom is 0.408 e. The highest BCUT2D eigenvalue weighted by Crippen LogP contribution is 2.27. The van der Waals surface area contributed by atoms with Gasteiger partial charge in [0, 0.05) is 12.2 Å². The number of rotatable bonds is 8. The van der Waals surface area contributed by atoms with E-state index in [2.05, 4.69) is 10.6 Å². The number of phenolic OH excluding ortho intramolecular Hbond substituents is 1. The molecule has 0 aliphatic heterocycles. The molecule has 3 amide bonds. The second-order valence-electron chi connectivity index (χ2n) is 8.81. The minimum absolute atomic E-state index is 0.0692. The van der Waals surface area contributed by atoms with E-state index in [1.807, 2.05) is 19.1 Å². The molecule has 0 aromatic heterocycles. The number of nitrogens with zero attached hydrogens (tertiary/aromatic N) is 1. The van der Waals surface area contributed by atoms with E-state index < -0.39 is 42.2 Å². The summed E-state index contributed by atoms with van der Waals surface area (Å²) in [7, 11) is 0. The van der Waals surface area contributed by atoms with Gasteiger partial charge in [-0.1, -0.05) is 30.3 Å².